The van der Waals surface area contributed by atoms with Crippen LogP contribution < -0.4 is 4.72 Å². The molecule has 7 heteroatoms. The molecule has 1 atom stereocenters. The van der Waals surface area contributed by atoms with Crippen molar-refractivity contribution in [3.8, 4) is 0 Å². The van der Waals surface area contributed by atoms with Gasteiger partial charge in [-0.3, -0.25) is 10.1 Å². The summed E-state index contributed by atoms with van der Waals surface area (Å²) >= 11 is 0. The Hall–Kier alpha value is -1.47. The highest BCUT2D eigenvalue weighted by atomic mass is 32.2. The van der Waals surface area contributed by atoms with Crippen molar-refractivity contribution in [3.05, 3.63) is 39.9 Å². The van der Waals surface area contributed by atoms with E-state index >= 15 is 0 Å². The standard InChI is InChI=1S/C12H18N2O4S/c1-3-6-10(2)13-19(17,18)9-11-7-4-5-8-12(11)14(15)16/h4-5,7-8,10,13H,3,6,9H2,1-2H3. The van der Waals surface area contributed by atoms with E-state index in [9.17, 15) is 18.5 Å². The fourth-order valence-corrected chi connectivity index (χ4v) is 3.32. The van der Waals surface area contributed by atoms with Gasteiger partial charge in [-0.15, -0.1) is 0 Å². The van der Waals surface area contributed by atoms with Gasteiger partial charge in [0.15, 0.2) is 0 Å². The van der Waals surface area contributed by atoms with Gasteiger partial charge in [0.2, 0.25) is 10.0 Å². The van der Waals surface area contributed by atoms with Crippen LogP contribution in [-0.4, -0.2) is 19.4 Å². The lowest BCUT2D eigenvalue weighted by Crippen LogP contribution is -2.33. The van der Waals surface area contributed by atoms with E-state index in [1.165, 1.54) is 18.2 Å². The zero-order chi connectivity index (χ0) is 14.5. The predicted octanol–water partition coefficient (Wildman–Crippen LogP) is 2.20. The van der Waals surface area contributed by atoms with Crippen LogP contribution in [0, 0.1) is 10.1 Å². The summed E-state index contributed by atoms with van der Waals surface area (Å²) in [4.78, 5) is 10.3. The number of nitrogens with zero attached hydrogens (tertiary/aromatic N) is 1. The molecule has 1 N–H and O–H groups in total. The largest absolute Gasteiger partial charge is 0.273 e. The van der Waals surface area contributed by atoms with E-state index in [1.54, 1.807) is 13.0 Å². The summed E-state index contributed by atoms with van der Waals surface area (Å²) in [7, 11) is -3.57. The van der Waals surface area contributed by atoms with Gasteiger partial charge in [-0.2, -0.15) is 0 Å². The first-order valence-electron chi connectivity index (χ1n) is 6.08. The molecule has 1 rings (SSSR count). The minimum atomic E-state index is -3.57. The van der Waals surface area contributed by atoms with Gasteiger partial charge in [-0.25, -0.2) is 13.1 Å². The van der Waals surface area contributed by atoms with Crippen LogP contribution in [0.1, 0.15) is 32.3 Å². The topological polar surface area (TPSA) is 89.3 Å². The highest BCUT2D eigenvalue weighted by molar-refractivity contribution is 7.88. The quantitative estimate of drug-likeness (QED) is 0.614. The summed E-state index contributed by atoms with van der Waals surface area (Å²) in [6.45, 7) is 3.74. The van der Waals surface area contributed by atoms with E-state index in [2.05, 4.69) is 4.72 Å². The second-order valence-electron chi connectivity index (χ2n) is 4.45. The fourth-order valence-electron chi connectivity index (χ4n) is 1.86. The van der Waals surface area contributed by atoms with Gasteiger partial charge in [-0.1, -0.05) is 31.5 Å². The number of benzene rings is 1. The molecule has 1 aromatic rings. The molecule has 0 saturated carbocycles. The molecule has 1 unspecified atom stereocenters. The van der Waals surface area contributed by atoms with Gasteiger partial charge in [0.25, 0.3) is 5.69 Å². The van der Waals surface area contributed by atoms with Crippen molar-refractivity contribution in [2.75, 3.05) is 0 Å². The van der Waals surface area contributed by atoms with Crippen LogP contribution in [0.15, 0.2) is 24.3 Å². The molecule has 0 saturated heterocycles. The monoisotopic (exact) mass is 286 g/mol. The first-order valence-corrected chi connectivity index (χ1v) is 7.73. The molecule has 1 aromatic carbocycles. The van der Waals surface area contributed by atoms with Crippen molar-refractivity contribution in [3.63, 3.8) is 0 Å². The van der Waals surface area contributed by atoms with Crippen molar-refractivity contribution >= 4 is 15.7 Å². The zero-order valence-corrected chi connectivity index (χ0v) is 11.8. The van der Waals surface area contributed by atoms with Crippen LogP contribution in [0.4, 0.5) is 5.69 Å². The lowest BCUT2D eigenvalue weighted by Gasteiger charge is -2.13. The van der Waals surface area contributed by atoms with Gasteiger partial charge < -0.3 is 0 Å². The number of nitro benzene ring substituents is 1. The summed E-state index contributed by atoms with van der Waals surface area (Å²) in [6, 6.07) is 5.70. The molecule has 0 aliphatic rings. The average Bonchev–Trinajstić information content (AvgIpc) is 2.28. The Morgan fingerprint density at radius 1 is 1.37 bits per heavy atom. The van der Waals surface area contributed by atoms with Crippen LogP contribution in [0.25, 0.3) is 0 Å². The SMILES string of the molecule is CCCC(C)NS(=O)(=O)Cc1ccccc1[N+](=O)[O-]. The average molecular weight is 286 g/mol. The summed E-state index contributed by atoms with van der Waals surface area (Å²) in [5.74, 6) is -0.377. The Morgan fingerprint density at radius 2 is 2.00 bits per heavy atom. The number of nitro groups is 1. The molecule has 0 aliphatic carbocycles. The second-order valence-corrected chi connectivity index (χ2v) is 6.21. The maximum absolute atomic E-state index is 11.9. The summed E-state index contributed by atoms with van der Waals surface area (Å²) in [5.41, 5.74) is 0.0275. The minimum absolute atomic E-state index is 0.169. The molecule has 19 heavy (non-hydrogen) atoms. The van der Waals surface area contributed by atoms with Gasteiger partial charge in [0, 0.05) is 17.7 Å². The van der Waals surface area contributed by atoms with E-state index < -0.39 is 14.9 Å². The van der Waals surface area contributed by atoms with Crippen molar-refractivity contribution in [1.82, 2.24) is 4.72 Å². The molecular formula is C12H18N2O4S. The molecule has 0 amide bonds. The smallest absolute Gasteiger partial charge is 0.258 e. The lowest BCUT2D eigenvalue weighted by molar-refractivity contribution is -0.385. The van der Waals surface area contributed by atoms with E-state index in [-0.39, 0.29) is 23.0 Å². The highest BCUT2D eigenvalue weighted by Crippen LogP contribution is 2.19. The van der Waals surface area contributed by atoms with Crippen LogP contribution in [-0.2, 0) is 15.8 Å². The maximum Gasteiger partial charge on any atom is 0.273 e. The lowest BCUT2D eigenvalue weighted by atomic mass is 10.2. The predicted molar refractivity (Wildman–Crippen MR) is 73.2 cm³/mol. The number of hydrogen-bond acceptors (Lipinski definition) is 4. The summed E-state index contributed by atoms with van der Waals surface area (Å²) in [6.07, 6.45) is 1.60. The second kappa shape index (κ2) is 6.63. The van der Waals surface area contributed by atoms with Gasteiger partial charge in [0.05, 0.1) is 10.7 Å². The third kappa shape index (κ3) is 4.96. The Balaban J connectivity index is 2.87. The molecule has 0 heterocycles. The molecular weight excluding hydrogens is 268 g/mol. The summed E-state index contributed by atoms with van der Waals surface area (Å²) in [5, 5.41) is 10.8. The molecule has 0 bridgehead atoms. The minimum Gasteiger partial charge on any atom is -0.258 e. The van der Waals surface area contributed by atoms with Crippen LogP contribution in [0.5, 0.6) is 0 Å². The van der Waals surface area contributed by atoms with Gasteiger partial charge in [-0.05, 0) is 13.3 Å². The van der Waals surface area contributed by atoms with Crippen molar-refractivity contribution in [1.29, 1.82) is 0 Å². The Bertz CT molecular complexity index is 542. The maximum atomic E-state index is 11.9. The normalized spacial score (nSPS) is 13.2. The number of sulfonamides is 1. The molecule has 0 spiro atoms. The van der Waals surface area contributed by atoms with Crippen molar-refractivity contribution < 1.29 is 13.3 Å². The highest BCUT2D eigenvalue weighted by Gasteiger charge is 2.20. The number of rotatable bonds is 7. The zero-order valence-electron chi connectivity index (χ0n) is 11.0. The van der Waals surface area contributed by atoms with Crippen molar-refractivity contribution in [2.45, 2.75) is 38.5 Å². The number of para-hydroxylation sites is 1. The number of hydrogen-bond donors (Lipinski definition) is 1. The van der Waals surface area contributed by atoms with Crippen molar-refractivity contribution in [2.24, 2.45) is 0 Å². The Labute approximate surface area is 113 Å². The molecule has 6 nitrogen and oxygen atoms in total. The molecule has 0 fully saturated rings. The first kappa shape index (κ1) is 15.6. The Kier molecular flexibility index (Phi) is 5.44. The fraction of sp³-hybridized carbons (Fsp3) is 0.500. The van der Waals surface area contributed by atoms with E-state index in [0.717, 1.165) is 12.8 Å². The molecule has 106 valence electrons. The van der Waals surface area contributed by atoms with Gasteiger partial charge >= 0.3 is 0 Å². The third-order valence-corrected chi connectivity index (χ3v) is 4.09. The molecule has 0 radical (unpaired) electrons. The van der Waals surface area contributed by atoms with Crippen LogP contribution in [0.2, 0.25) is 0 Å². The molecule has 0 aromatic heterocycles. The number of nitrogens with one attached hydrogen (secondary N) is 1. The van der Waals surface area contributed by atoms with Crippen LogP contribution >= 0.6 is 0 Å². The van der Waals surface area contributed by atoms with E-state index in [1.807, 2.05) is 6.92 Å². The summed E-state index contributed by atoms with van der Waals surface area (Å²) < 4.78 is 26.4. The Morgan fingerprint density at radius 3 is 2.58 bits per heavy atom. The third-order valence-electron chi connectivity index (χ3n) is 2.64. The van der Waals surface area contributed by atoms with Crippen LogP contribution in [0.3, 0.4) is 0 Å². The van der Waals surface area contributed by atoms with Gasteiger partial charge in [0.1, 0.15) is 0 Å². The molecule has 0 aliphatic heterocycles. The first-order chi connectivity index (χ1) is 8.85. The van der Waals surface area contributed by atoms with E-state index in [0.29, 0.717) is 0 Å². The van der Waals surface area contributed by atoms with E-state index in [4.69, 9.17) is 0 Å².